The average molecular weight is 278 g/mol. The van der Waals surface area contributed by atoms with Crippen LogP contribution in [-0.2, 0) is 9.53 Å². The van der Waals surface area contributed by atoms with Gasteiger partial charge in [0.2, 0.25) is 0 Å². The highest BCUT2D eigenvalue weighted by molar-refractivity contribution is 5.72. The Balaban J connectivity index is 4.49. The molecule has 0 aromatic heterocycles. The molecule has 0 aromatic carbocycles. The molecule has 0 saturated heterocycles. The van der Waals surface area contributed by atoms with E-state index in [4.69, 9.17) is 0 Å². The van der Waals surface area contributed by atoms with Crippen LogP contribution < -0.4 is 0 Å². The fraction of sp³-hybridized carbons (Fsp3) is 0.714. The van der Waals surface area contributed by atoms with E-state index in [9.17, 15) is 18.0 Å². The molecule has 0 spiro atoms. The SMILES string of the molecule is CCCCCCC=C=C(CC(=O)OCC)C(F)(F)F. The number of alkyl halides is 3. The maximum atomic E-state index is 12.6. The van der Waals surface area contributed by atoms with Gasteiger partial charge in [0.25, 0.3) is 0 Å². The minimum atomic E-state index is -4.54. The molecule has 0 aliphatic carbocycles. The van der Waals surface area contributed by atoms with Crippen LogP contribution in [0.1, 0.15) is 52.4 Å². The number of esters is 1. The number of unbranched alkanes of at least 4 members (excludes halogenated alkanes) is 4. The lowest BCUT2D eigenvalue weighted by Crippen LogP contribution is -2.16. The van der Waals surface area contributed by atoms with Crippen molar-refractivity contribution >= 4 is 5.97 Å². The molecule has 0 aromatic rings. The van der Waals surface area contributed by atoms with Crippen LogP contribution in [-0.4, -0.2) is 18.8 Å². The second-order valence-corrected chi connectivity index (χ2v) is 4.16. The molecular formula is C14H21F3O2. The van der Waals surface area contributed by atoms with Gasteiger partial charge in [0.05, 0.1) is 18.6 Å². The highest BCUT2D eigenvalue weighted by atomic mass is 19.4. The molecule has 0 rings (SSSR count). The van der Waals surface area contributed by atoms with Crippen LogP contribution in [0.5, 0.6) is 0 Å². The highest BCUT2D eigenvalue weighted by Gasteiger charge is 2.35. The molecule has 0 radical (unpaired) electrons. The molecule has 0 aliphatic rings. The lowest BCUT2D eigenvalue weighted by molar-refractivity contribution is -0.145. The lowest BCUT2D eigenvalue weighted by atomic mass is 10.1. The fourth-order valence-electron chi connectivity index (χ4n) is 1.46. The molecule has 0 aliphatic heterocycles. The number of carbonyl (C=O) groups excluding carboxylic acids is 1. The smallest absolute Gasteiger partial charge is 0.420 e. The third kappa shape index (κ3) is 9.37. The van der Waals surface area contributed by atoms with Gasteiger partial charge >= 0.3 is 12.1 Å². The van der Waals surface area contributed by atoms with Crippen LogP contribution in [0.15, 0.2) is 17.4 Å². The Kier molecular flexibility index (Phi) is 9.06. The molecule has 0 amide bonds. The Hall–Kier alpha value is -1.22. The monoisotopic (exact) mass is 278 g/mol. The molecule has 0 N–H and O–H groups in total. The topological polar surface area (TPSA) is 26.3 Å². The molecule has 0 atom stereocenters. The van der Waals surface area contributed by atoms with Crippen molar-refractivity contribution in [3.63, 3.8) is 0 Å². The highest BCUT2D eigenvalue weighted by Crippen LogP contribution is 2.27. The van der Waals surface area contributed by atoms with Crippen LogP contribution in [0.4, 0.5) is 13.2 Å². The summed E-state index contributed by atoms with van der Waals surface area (Å²) in [6.07, 6.45) is 0.581. The van der Waals surface area contributed by atoms with E-state index in [0.717, 1.165) is 25.7 Å². The summed E-state index contributed by atoms with van der Waals surface area (Å²) in [5.74, 6) is -0.873. The molecule has 0 bridgehead atoms. The maximum Gasteiger partial charge on any atom is 0.420 e. The van der Waals surface area contributed by atoms with Gasteiger partial charge in [-0.1, -0.05) is 26.2 Å². The molecule has 110 valence electrons. The summed E-state index contributed by atoms with van der Waals surface area (Å²) >= 11 is 0. The third-order valence-electron chi connectivity index (χ3n) is 2.45. The lowest BCUT2D eigenvalue weighted by Gasteiger charge is -2.08. The average Bonchev–Trinajstić information content (AvgIpc) is 2.31. The summed E-state index contributed by atoms with van der Waals surface area (Å²) in [5.41, 5.74) is 1.22. The fourth-order valence-corrected chi connectivity index (χ4v) is 1.46. The number of rotatable bonds is 8. The van der Waals surface area contributed by atoms with Crippen LogP contribution >= 0.6 is 0 Å². The first kappa shape index (κ1) is 17.8. The van der Waals surface area contributed by atoms with Crippen LogP contribution in [0.3, 0.4) is 0 Å². The molecule has 5 heteroatoms. The predicted molar refractivity (Wildman–Crippen MR) is 67.7 cm³/mol. The Morgan fingerprint density at radius 2 is 1.89 bits per heavy atom. The number of hydrogen-bond acceptors (Lipinski definition) is 2. The van der Waals surface area contributed by atoms with Gasteiger partial charge in [0.1, 0.15) is 0 Å². The van der Waals surface area contributed by atoms with Crippen molar-refractivity contribution < 1.29 is 22.7 Å². The number of ether oxygens (including phenoxy) is 1. The minimum Gasteiger partial charge on any atom is -0.466 e. The van der Waals surface area contributed by atoms with Gasteiger partial charge in [-0.05, 0) is 25.8 Å². The molecule has 19 heavy (non-hydrogen) atoms. The van der Waals surface area contributed by atoms with E-state index < -0.39 is 24.1 Å². The van der Waals surface area contributed by atoms with Crippen molar-refractivity contribution in [3.05, 3.63) is 17.4 Å². The van der Waals surface area contributed by atoms with Crippen molar-refractivity contribution in [1.82, 2.24) is 0 Å². The van der Waals surface area contributed by atoms with Gasteiger partial charge < -0.3 is 4.74 Å². The Morgan fingerprint density at radius 1 is 1.21 bits per heavy atom. The molecule has 0 saturated carbocycles. The molecule has 0 unspecified atom stereocenters. The van der Waals surface area contributed by atoms with Gasteiger partial charge in [-0.2, -0.15) is 13.2 Å². The largest absolute Gasteiger partial charge is 0.466 e. The first-order chi connectivity index (χ1) is 8.91. The van der Waals surface area contributed by atoms with Gasteiger partial charge in [-0.25, -0.2) is 0 Å². The standard InChI is InChI=1S/C14H21F3O2/c1-3-5-6-7-8-9-10-12(14(15,16)17)11-13(18)19-4-2/h9H,3-8,11H2,1-2H3. The van der Waals surface area contributed by atoms with Crippen molar-refractivity contribution in [1.29, 1.82) is 0 Å². The van der Waals surface area contributed by atoms with Gasteiger partial charge in [-0.15, -0.1) is 5.73 Å². The predicted octanol–water partition coefficient (Wildman–Crippen LogP) is 4.55. The van der Waals surface area contributed by atoms with Gasteiger partial charge in [-0.3, -0.25) is 4.79 Å². The summed E-state index contributed by atoms with van der Waals surface area (Å²) in [4.78, 5) is 11.1. The maximum absolute atomic E-state index is 12.6. The minimum absolute atomic E-state index is 0.0741. The molecular weight excluding hydrogens is 257 g/mol. The summed E-state index contributed by atoms with van der Waals surface area (Å²) in [6, 6.07) is 0. The molecule has 0 fully saturated rings. The summed E-state index contributed by atoms with van der Waals surface area (Å²) < 4.78 is 42.4. The van der Waals surface area contributed by atoms with Gasteiger partial charge in [0, 0.05) is 0 Å². The van der Waals surface area contributed by atoms with E-state index in [2.05, 4.69) is 17.4 Å². The second kappa shape index (κ2) is 9.68. The number of carbonyl (C=O) groups is 1. The quantitative estimate of drug-likeness (QED) is 0.370. The van der Waals surface area contributed by atoms with Crippen molar-refractivity contribution in [2.24, 2.45) is 0 Å². The Labute approximate surface area is 112 Å². The summed E-state index contributed by atoms with van der Waals surface area (Å²) in [5, 5.41) is 0. The zero-order valence-corrected chi connectivity index (χ0v) is 11.5. The van der Waals surface area contributed by atoms with Crippen LogP contribution in [0, 0.1) is 0 Å². The van der Waals surface area contributed by atoms with Gasteiger partial charge in [0.15, 0.2) is 0 Å². The van der Waals surface area contributed by atoms with E-state index in [1.165, 1.54) is 6.08 Å². The first-order valence-electron chi connectivity index (χ1n) is 6.58. The Morgan fingerprint density at radius 3 is 2.42 bits per heavy atom. The van der Waals surface area contributed by atoms with E-state index in [0.29, 0.717) is 6.42 Å². The van der Waals surface area contributed by atoms with E-state index in [1.807, 2.05) is 0 Å². The first-order valence-corrected chi connectivity index (χ1v) is 6.58. The van der Waals surface area contributed by atoms with Crippen molar-refractivity contribution in [3.8, 4) is 0 Å². The van der Waals surface area contributed by atoms with E-state index in [-0.39, 0.29) is 6.61 Å². The number of halogens is 3. The van der Waals surface area contributed by atoms with Crippen molar-refractivity contribution in [2.75, 3.05) is 6.61 Å². The third-order valence-corrected chi connectivity index (χ3v) is 2.45. The summed E-state index contributed by atoms with van der Waals surface area (Å²) in [6.45, 7) is 3.69. The normalized spacial score (nSPS) is 10.8. The molecule has 2 nitrogen and oxygen atoms in total. The summed E-state index contributed by atoms with van der Waals surface area (Å²) in [7, 11) is 0. The Bertz CT molecular complexity index is 326. The zero-order chi connectivity index (χ0) is 14.7. The van der Waals surface area contributed by atoms with E-state index >= 15 is 0 Å². The molecule has 0 heterocycles. The zero-order valence-electron chi connectivity index (χ0n) is 11.5. The van der Waals surface area contributed by atoms with E-state index in [1.54, 1.807) is 6.92 Å². The second-order valence-electron chi connectivity index (χ2n) is 4.16. The van der Waals surface area contributed by atoms with Crippen LogP contribution in [0.25, 0.3) is 0 Å². The van der Waals surface area contributed by atoms with Crippen LogP contribution in [0.2, 0.25) is 0 Å². The van der Waals surface area contributed by atoms with Crippen molar-refractivity contribution in [2.45, 2.75) is 58.5 Å². The number of hydrogen-bond donors (Lipinski definition) is 0.